The molecule has 0 amide bonds. The Labute approximate surface area is 48.2 Å². The first-order valence-electron chi connectivity index (χ1n) is 2.49. The molecule has 0 heterocycles. The minimum atomic E-state index is -1.63. The molecule has 2 heteroatoms. The van der Waals surface area contributed by atoms with Gasteiger partial charge in [0, 0.05) is 0 Å². The summed E-state index contributed by atoms with van der Waals surface area (Å²) < 4.78 is 22.4. The van der Waals surface area contributed by atoms with Crippen molar-refractivity contribution in [2.75, 3.05) is 0 Å². The molecule has 0 fully saturated rings. The van der Waals surface area contributed by atoms with E-state index in [0.29, 0.717) is 0 Å². The standard InChI is InChI=1S/C6H9F2/c1-5(2)3-4-6(7)8/h3-5H,1-2H3/b4-3+. The van der Waals surface area contributed by atoms with Gasteiger partial charge in [0.25, 0.3) is 0 Å². The molecule has 1 radical (unpaired) electrons. The molecule has 0 aliphatic heterocycles. The lowest BCUT2D eigenvalue weighted by molar-refractivity contribution is 0.332. The van der Waals surface area contributed by atoms with Crippen molar-refractivity contribution in [3.8, 4) is 0 Å². The minimum Gasteiger partial charge on any atom is -0.195 e. The smallest absolute Gasteiger partial charge is 0.195 e. The van der Waals surface area contributed by atoms with Crippen molar-refractivity contribution in [1.82, 2.24) is 0 Å². The fraction of sp³-hybridized carbons (Fsp3) is 0.500. The average molecular weight is 119 g/mol. The Morgan fingerprint density at radius 3 is 2.00 bits per heavy atom. The van der Waals surface area contributed by atoms with Gasteiger partial charge in [0.15, 0.2) is 0 Å². The molecule has 0 nitrogen and oxygen atoms in total. The summed E-state index contributed by atoms with van der Waals surface area (Å²) in [7, 11) is 0. The van der Waals surface area contributed by atoms with Gasteiger partial charge in [-0.15, -0.1) is 0 Å². The van der Waals surface area contributed by atoms with Gasteiger partial charge in [-0.05, 0) is 12.0 Å². The Kier molecular flexibility index (Phi) is 3.40. The van der Waals surface area contributed by atoms with Gasteiger partial charge in [0.1, 0.15) is 0 Å². The van der Waals surface area contributed by atoms with E-state index in [1.165, 1.54) is 6.08 Å². The third-order valence-corrected chi connectivity index (χ3v) is 0.607. The second kappa shape index (κ2) is 3.58. The molecule has 0 bridgehead atoms. The van der Waals surface area contributed by atoms with Gasteiger partial charge in [-0.3, -0.25) is 0 Å². The Hall–Kier alpha value is -0.400. The molecule has 0 unspecified atom stereocenters. The van der Waals surface area contributed by atoms with Gasteiger partial charge in [0.2, 0.25) is 0 Å². The van der Waals surface area contributed by atoms with Gasteiger partial charge < -0.3 is 0 Å². The molecule has 0 N–H and O–H groups in total. The summed E-state index contributed by atoms with van der Waals surface area (Å²) in [6.07, 6.45) is 0.652. The number of hydrogen-bond acceptors (Lipinski definition) is 0. The molecule has 0 saturated carbocycles. The molecular weight excluding hydrogens is 110 g/mol. The summed E-state index contributed by atoms with van der Waals surface area (Å²) in [6, 6.07) is 0. The van der Waals surface area contributed by atoms with Crippen LogP contribution in [0.1, 0.15) is 13.8 Å². The van der Waals surface area contributed by atoms with Gasteiger partial charge >= 0.3 is 6.43 Å². The van der Waals surface area contributed by atoms with E-state index in [4.69, 9.17) is 0 Å². The van der Waals surface area contributed by atoms with Crippen molar-refractivity contribution in [1.29, 1.82) is 0 Å². The lowest BCUT2D eigenvalue weighted by atomic mass is 10.2. The van der Waals surface area contributed by atoms with Crippen LogP contribution in [0.25, 0.3) is 0 Å². The molecule has 0 saturated heterocycles. The zero-order valence-electron chi connectivity index (χ0n) is 4.99. The first kappa shape index (κ1) is 7.60. The van der Waals surface area contributed by atoms with Crippen molar-refractivity contribution in [3.63, 3.8) is 0 Å². The largest absolute Gasteiger partial charge is 0.332 e. The van der Waals surface area contributed by atoms with Gasteiger partial charge in [0.05, 0.1) is 0 Å². The van der Waals surface area contributed by atoms with Crippen LogP contribution in [0, 0.1) is 12.3 Å². The molecule has 0 atom stereocenters. The molecule has 0 aliphatic rings. The minimum absolute atomic E-state index is 0.205. The highest BCUT2D eigenvalue weighted by molar-refractivity contribution is 4.95. The van der Waals surface area contributed by atoms with E-state index in [0.717, 1.165) is 6.08 Å². The second-order valence-electron chi connectivity index (χ2n) is 1.89. The van der Waals surface area contributed by atoms with Crippen LogP contribution in [0.3, 0.4) is 0 Å². The second-order valence-corrected chi connectivity index (χ2v) is 1.89. The summed E-state index contributed by atoms with van der Waals surface area (Å²) >= 11 is 0. The highest BCUT2D eigenvalue weighted by atomic mass is 19.3. The predicted octanol–water partition coefficient (Wildman–Crippen LogP) is 2.63. The molecule has 0 aromatic rings. The zero-order chi connectivity index (χ0) is 6.57. The molecule has 8 heavy (non-hydrogen) atoms. The van der Waals surface area contributed by atoms with E-state index in [9.17, 15) is 8.78 Å². The van der Waals surface area contributed by atoms with E-state index in [-0.39, 0.29) is 5.92 Å². The third-order valence-electron chi connectivity index (χ3n) is 0.607. The molecule has 0 aliphatic carbocycles. The van der Waals surface area contributed by atoms with Crippen LogP contribution in [0.2, 0.25) is 0 Å². The molecule has 0 aromatic heterocycles. The lowest BCUT2D eigenvalue weighted by Gasteiger charge is -1.90. The van der Waals surface area contributed by atoms with E-state index >= 15 is 0 Å². The van der Waals surface area contributed by atoms with E-state index in [1.807, 2.05) is 13.8 Å². The van der Waals surface area contributed by atoms with Crippen LogP contribution in [0.4, 0.5) is 8.78 Å². The van der Waals surface area contributed by atoms with Crippen LogP contribution in [-0.2, 0) is 0 Å². The number of allylic oxidation sites excluding steroid dienone is 2. The van der Waals surface area contributed by atoms with Gasteiger partial charge in [-0.2, -0.15) is 8.78 Å². The number of hydrogen-bond donors (Lipinski definition) is 0. The average Bonchev–Trinajstić information content (AvgIpc) is 1.61. The summed E-state index contributed by atoms with van der Waals surface area (Å²) in [5.74, 6) is 0.205. The fourth-order valence-electron chi connectivity index (χ4n) is 0.265. The molecule has 0 spiro atoms. The van der Waals surface area contributed by atoms with Crippen LogP contribution in [0.15, 0.2) is 12.2 Å². The van der Waals surface area contributed by atoms with Crippen LogP contribution >= 0.6 is 0 Å². The Morgan fingerprint density at radius 2 is 1.88 bits per heavy atom. The topological polar surface area (TPSA) is 0 Å². The quantitative estimate of drug-likeness (QED) is 0.524. The maximum atomic E-state index is 11.2. The number of halogens is 2. The predicted molar refractivity (Wildman–Crippen MR) is 29.4 cm³/mol. The normalized spacial score (nSPS) is 12.2. The maximum absolute atomic E-state index is 11.2. The molecular formula is C6H9F2. The van der Waals surface area contributed by atoms with E-state index in [1.54, 1.807) is 0 Å². The van der Waals surface area contributed by atoms with Crippen LogP contribution < -0.4 is 0 Å². The summed E-state index contributed by atoms with van der Waals surface area (Å²) in [5, 5.41) is 0. The van der Waals surface area contributed by atoms with Gasteiger partial charge in [-0.25, -0.2) is 0 Å². The van der Waals surface area contributed by atoms with E-state index < -0.39 is 6.43 Å². The lowest BCUT2D eigenvalue weighted by Crippen LogP contribution is -1.78. The SMILES string of the molecule is CC(C)/C=C/[C](F)F. The number of rotatable bonds is 2. The van der Waals surface area contributed by atoms with Crippen molar-refractivity contribution >= 4 is 0 Å². The van der Waals surface area contributed by atoms with Crippen molar-refractivity contribution in [3.05, 3.63) is 18.6 Å². The Bertz CT molecular complexity index is 64.6. The van der Waals surface area contributed by atoms with Crippen LogP contribution in [-0.4, -0.2) is 0 Å². The Morgan fingerprint density at radius 1 is 1.38 bits per heavy atom. The summed E-state index contributed by atoms with van der Waals surface area (Å²) in [4.78, 5) is 0. The first-order valence-corrected chi connectivity index (χ1v) is 2.49. The first-order chi connectivity index (χ1) is 3.63. The van der Waals surface area contributed by atoms with E-state index in [2.05, 4.69) is 0 Å². The highest BCUT2D eigenvalue weighted by Gasteiger charge is 1.95. The Balaban J connectivity index is 3.34. The summed E-state index contributed by atoms with van der Waals surface area (Å²) in [6.45, 7) is 3.69. The molecule has 47 valence electrons. The fourth-order valence-corrected chi connectivity index (χ4v) is 0.265. The summed E-state index contributed by atoms with van der Waals surface area (Å²) in [5.41, 5.74) is 0. The van der Waals surface area contributed by atoms with Crippen molar-refractivity contribution < 1.29 is 8.78 Å². The van der Waals surface area contributed by atoms with Gasteiger partial charge in [-0.1, -0.05) is 19.9 Å². The molecule has 0 rings (SSSR count). The third kappa shape index (κ3) is 5.60. The monoisotopic (exact) mass is 119 g/mol. The maximum Gasteiger partial charge on any atom is 0.332 e. The van der Waals surface area contributed by atoms with Crippen LogP contribution in [0.5, 0.6) is 0 Å². The van der Waals surface area contributed by atoms with Crippen molar-refractivity contribution in [2.24, 2.45) is 5.92 Å². The van der Waals surface area contributed by atoms with Crippen molar-refractivity contribution in [2.45, 2.75) is 13.8 Å². The highest BCUT2D eigenvalue weighted by Crippen LogP contribution is 2.06. The zero-order valence-corrected chi connectivity index (χ0v) is 4.99. The molecule has 0 aromatic carbocycles.